The van der Waals surface area contributed by atoms with Gasteiger partial charge in [-0.2, -0.15) is 5.10 Å². The van der Waals surface area contributed by atoms with Gasteiger partial charge in [-0.3, -0.25) is 4.68 Å². The highest BCUT2D eigenvalue weighted by atomic mass is 16.5. The van der Waals surface area contributed by atoms with E-state index in [4.69, 9.17) is 10.5 Å². The molecule has 0 unspecified atom stereocenters. The van der Waals surface area contributed by atoms with Crippen molar-refractivity contribution in [2.24, 2.45) is 14.1 Å². The Morgan fingerprint density at radius 2 is 2.00 bits per heavy atom. The van der Waals surface area contributed by atoms with Crippen molar-refractivity contribution in [3.63, 3.8) is 0 Å². The standard InChI is InChI=1S/C14H16N4O/c1-17-11(10-8-13(15)18(2)16-10)7-9-5-4-6-12(19-3)14(9)17/h4-8H,15H2,1-3H3. The molecule has 5 heteroatoms. The van der Waals surface area contributed by atoms with E-state index in [1.54, 1.807) is 11.8 Å². The van der Waals surface area contributed by atoms with Crippen LogP contribution in [0.15, 0.2) is 30.3 Å². The van der Waals surface area contributed by atoms with Crippen molar-refractivity contribution >= 4 is 16.7 Å². The van der Waals surface area contributed by atoms with Crippen molar-refractivity contribution in [1.82, 2.24) is 14.3 Å². The van der Waals surface area contributed by atoms with Gasteiger partial charge in [0.05, 0.1) is 18.3 Å². The molecule has 2 heterocycles. The molecule has 0 bridgehead atoms. The molecule has 3 rings (SSSR count). The van der Waals surface area contributed by atoms with E-state index in [-0.39, 0.29) is 0 Å². The van der Waals surface area contributed by atoms with Crippen LogP contribution >= 0.6 is 0 Å². The molecular formula is C14H16N4O. The number of hydrogen-bond donors (Lipinski definition) is 1. The normalized spacial score (nSPS) is 11.1. The molecule has 0 spiro atoms. The first-order chi connectivity index (χ1) is 9.11. The molecule has 19 heavy (non-hydrogen) atoms. The van der Waals surface area contributed by atoms with Gasteiger partial charge >= 0.3 is 0 Å². The van der Waals surface area contributed by atoms with Crippen LogP contribution in [0.1, 0.15) is 0 Å². The molecule has 0 aliphatic heterocycles. The predicted octanol–water partition coefficient (Wildman–Crippen LogP) is 2.17. The van der Waals surface area contributed by atoms with Gasteiger partial charge in [0.25, 0.3) is 0 Å². The van der Waals surface area contributed by atoms with Gasteiger partial charge in [-0.15, -0.1) is 0 Å². The summed E-state index contributed by atoms with van der Waals surface area (Å²) in [5.74, 6) is 1.50. The number of para-hydroxylation sites is 1. The second-order valence-corrected chi connectivity index (χ2v) is 4.56. The summed E-state index contributed by atoms with van der Waals surface area (Å²) >= 11 is 0. The second-order valence-electron chi connectivity index (χ2n) is 4.56. The Morgan fingerprint density at radius 3 is 2.63 bits per heavy atom. The molecule has 1 aromatic carbocycles. The second kappa shape index (κ2) is 4.05. The van der Waals surface area contributed by atoms with Crippen molar-refractivity contribution in [3.05, 3.63) is 30.3 Å². The maximum atomic E-state index is 5.84. The number of ether oxygens (including phenoxy) is 1. The molecule has 0 aliphatic carbocycles. The molecule has 2 N–H and O–H groups in total. The van der Waals surface area contributed by atoms with Crippen LogP contribution in [-0.4, -0.2) is 21.5 Å². The first-order valence-electron chi connectivity index (χ1n) is 6.04. The smallest absolute Gasteiger partial charge is 0.143 e. The Balaban J connectivity index is 2.28. The number of nitrogens with zero attached hydrogens (tertiary/aromatic N) is 3. The summed E-state index contributed by atoms with van der Waals surface area (Å²) in [6.45, 7) is 0. The number of nitrogens with two attached hydrogens (primary N) is 1. The maximum Gasteiger partial charge on any atom is 0.143 e. The molecule has 0 saturated carbocycles. The first-order valence-corrected chi connectivity index (χ1v) is 6.04. The average molecular weight is 256 g/mol. The fourth-order valence-corrected chi connectivity index (χ4v) is 2.40. The van der Waals surface area contributed by atoms with E-state index in [9.17, 15) is 0 Å². The number of benzene rings is 1. The van der Waals surface area contributed by atoms with Crippen molar-refractivity contribution in [2.45, 2.75) is 0 Å². The van der Waals surface area contributed by atoms with Gasteiger partial charge < -0.3 is 15.0 Å². The number of methoxy groups -OCH3 is 1. The summed E-state index contributed by atoms with van der Waals surface area (Å²) in [7, 11) is 5.52. The van der Waals surface area contributed by atoms with Crippen LogP contribution in [0.2, 0.25) is 0 Å². The minimum absolute atomic E-state index is 0.646. The highest BCUT2D eigenvalue weighted by Gasteiger charge is 2.14. The molecule has 0 amide bonds. The van der Waals surface area contributed by atoms with Gasteiger partial charge in [0.2, 0.25) is 0 Å². The Hall–Kier alpha value is -2.43. The van der Waals surface area contributed by atoms with Gasteiger partial charge in [-0.25, -0.2) is 0 Å². The summed E-state index contributed by atoms with van der Waals surface area (Å²) < 4.78 is 9.17. The van der Waals surface area contributed by atoms with Gasteiger partial charge in [0, 0.05) is 25.5 Å². The quantitative estimate of drug-likeness (QED) is 0.764. The van der Waals surface area contributed by atoms with E-state index >= 15 is 0 Å². The fourth-order valence-electron chi connectivity index (χ4n) is 2.40. The van der Waals surface area contributed by atoms with Crippen molar-refractivity contribution in [1.29, 1.82) is 0 Å². The van der Waals surface area contributed by atoms with Crippen molar-refractivity contribution in [3.8, 4) is 17.1 Å². The molecule has 0 radical (unpaired) electrons. The zero-order chi connectivity index (χ0) is 13.6. The van der Waals surface area contributed by atoms with Crippen molar-refractivity contribution in [2.75, 3.05) is 12.8 Å². The summed E-state index contributed by atoms with van der Waals surface area (Å²) in [6.07, 6.45) is 0. The minimum Gasteiger partial charge on any atom is -0.495 e. The number of fused-ring (bicyclic) bond motifs is 1. The van der Waals surface area contributed by atoms with Gasteiger partial charge in [-0.05, 0) is 12.1 Å². The Kier molecular flexibility index (Phi) is 2.48. The number of rotatable bonds is 2. The van der Waals surface area contributed by atoms with E-state index in [0.29, 0.717) is 5.82 Å². The van der Waals surface area contributed by atoms with Crippen LogP contribution in [0.5, 0.6) is 5.75 Å². The highest BCUT2D eigenvalue weighted by Crippen LogP contribution is 2.32. The molecule has 0 saturated heterocycles. The lowest BCUT2D eigenvalue weighted by molar-refractivity contribution is 0.418. The van der Waals surface area contributed by atoms with E-state index in [2.05, 4.69) is 21.8 Å². The lowest BCUT2D eigenvalue weighted by Crippen LogP contribution is -1.97. The van der Waals surface area contributed by atoms with E-state index in [1.807, 2.05) is 32.3 Å². The minimum atomic E-state index is 0.646. The van der Waals surface area contributed by atoms with Crippen molar-refractivity contribution < 1.29 is 4.74 Å². The van der Waals surface area contributed by atoms with Crippen LogP contribution in [0.3, 0.4) is 0 Å². The first kappa shape index (κ1) is 11.6. The molecule has 2 aromatic heterocycles. The van der Waals surface area contributed by atoms with Crippen LogP contribution in [0.4, 0.5) is 5.82 Å². The topological polar surface area (TPSA) is 58.0 Å². The molecule has 0 atom stereocenters. The number of hydrogen-bond acceptors (Lipinski definition) is 3. The number of aromatic nitrogens is 3. The third kappa shape index (κ3) is 1.66. The molecule has 0 fully saturated rings. The molecular weight excluding hydrogens is 240 g/mol. The maximum absolute atomic E-state index is 5.84. The van der Waals surface area contributed by atoms with Gasteiger partial charge in [0.1, 0.15) is 17.3 Å². The lowest BCUT2D eigenvalue weighted by Gasteiger charge is -2.05. The number of nitrogen functional groups attached to an aromatic ring is 1. The van der Waals surface area contributed by atoms with Crippen LogP contribution < -0.4 is 10.5 Å². The molecule has 3 aromatic rings. The molecule has 0 aliphatic rings. The molecule has 5 nitrogen and oxygen atoms in total. The Labute approximate surface area is 111 Å². The lowest BCUT2D eigenvalue weighted by atomic mass is 10.2. The number of anilines is 1. The summed E-state index contributed by atoms with van der Waals surface area (Å²) in [4.78, 5) is 0. The summed E-state index contributed by atoms with van der Waals surface area (Å²) in [6, 6.07) is 9.98. The average Bonchev–Trinajstić information content (AvgIpc) is 2.91. The highest BCUT2D eigenvalue weighted by molar-refractivity contribution is 5.91. The predicted molar refractivity (Wildman–Crippen MR) is 76.1 cm³/mol. The Bertz CT molecular complexity index is 735. The van der Waals surface area contributed by atoms with E-state index in [1.165, 1.54) is 0 Å². The van der Waals surface area contributed by atoms with E-state index < -0.39 is 0 Å². The van der Waals surface area contributed by atoms with Gasteiger partial charge in [-0.1, -0.05) is 12.1 Å². The van der Waals surface area contributed by atoms with Gasteiger partial charge in [0.15, 0.2) is 0 Å². The third-order valence-electron chi connectivity index (χ3n) is 3.42. The monoisotopic (exact) mass is 256 g/mol. The van der Waals surface area contributed by atoms with Crippen LogP contribution in [0, 0.1) is 0 Å². The van der Waals surface area contributed by atoms with Crippen LogP contribution in [0.25, 0.3) is 22.3 Å². The number of aryl methyl sites for hydroxylation is 2. The fraction of sp³-hybridized carbons (Fsp3) is 0.214. The summed E-state index contributed by atoms with van der Waals surface area (Å²) in [5, 5.41) is 5.55. The summed E-state index contributed by atoms with van der Waals surface area (Å²) in [5.41, 5.74) is 8.79. The molecule has 98 valence electrons. The van der Waals surface area contributed by atoms with Crippen LogP contribution in [-0.2, 0) is 14.1 Å². The largest absolute Gasteiger partial charge is 0.495 e. The SMILES string of the molecule is COc1cccc2cc(-c3cc(N)n(C)n3)n(C)c12. The zero-order valence-electron chi connectivity index (χ0n) is 11.2. The zero-order valence-corrected chi connectivity index (χ0v) is 11.2. The Morgan fingerprint density at radius 1 is 1.21 bits per heavy atom. The van der Waals surface area contributed by atoms with E-state index in [0.717, 1.165) is 28.0 Å². The third-order valence-corrected chi connectivity index (χ3v) is 3.42.